The molecule has 1 aliphatic rings. The van der Waals surface area contributed by atoms with Crippen LogP contribution < -0.4 is 15.9 Å². The van der Waals surface area contributed by atoms with Crippen LogP contribution >= 0.6 is 11.6 Å². The van der Waals surface area contributed by atoms with E-state index in [1.165, 1.54) is 0 Å². The highest BCUT2D eigenvalue weighted by Crippen LogP contribution is 2.22. The number of benzene rings is 1. The molecule has 2 heterocycles. The summed E-state index contributed by atoms with van der Waals surface area (Å²) in [6.45, 7) is 8.73. The number of nitrogens with one attached hydrogen (secondary N) is 1. The maximum atomic E-state index is 13.5. The highest BCUT2D eigenvalue weighted by molar-refractivity contribution is 6.35. The third-order valence-electron chi connectivity index (χ3n) is 4.84. The number of hydrogen-bond acceptors (Lipinski definition) is 5. The number of ether oxygens (including phenoxy) is 1. The van der Waals surface area contributed by atoms with Crippen LogP contribution in [0.15, 0.2) is 23.0 Å². The Morgan fingerprint density at radius 2 is 1.86 bits per heavy atom. The van der Waals surface area contributed by atoms with Crippen molar-refractivity contribution in [3.05, 3.63) is 39.4 Å². The molecule has 158 valence electrons. The zero-order chi connectivity index (χ0) is 21.2. The Kier molecular flexibility index (Phi) is 6.36. The van der Waals surface area contributed by atoms with Crippen molar-refractivity contribution >= 4 is 28.6 Å². The Morgan fingerprint density at radius 1 is 1.21 bits per heavy atom. The molecule has 8 heteroatoms. The molecular weight excluding hydrogens is 392 g/mol. The quantitative estimate of drug-likeness (QED) is 0.807. The number of alkyl carbamates (subject to hydrolysis) is 1. The molecule has 0 radical (unpaired) electrons. The smallest absolute Gasteiger partial charge is 0.408 e. The minimum Gasteiger partial charge on any atom is -0.444 e. The number of nitrogens with zero attached hydrogens (tertiary/aromatic N) is 3. The summed E-state index contributed by atoms with van der Waals surface area (Å²) in [6.07, 6.45) is 3.72. The number of amides is 1. The van der Waals surface area contributed by atoms with Crippen molar-refractivity contribution in [3.8, 4) is 0 Å². The molecule has 7 nitrogen and oxygen atoms in total. The molecule has 0 aliphatic carbocycles. The van der Waals surface area contributed by atoms with E-state index in [1.54, 1.807) is 50.6 Å². The van der Waals surface area contributed by atoms with E-state index in [0.717, 1.165) is 38.8 Å². The molecule has 29 heavy (non-hydrogen) atoms. The van der Waals surface area contributed by atoms with Crippen molar-refractivity contribution in [1.82, 2.24) is 15.0 Å². The largest absolute Gasteiger partial charge is 0.444 e. The van der Waals surface area contributed by atoms with Crippen LogP contribution in [0.5, 0.6) is 0 Å². The number of fused-ring (bicyclic) bond motifs is 1. The van der Waals surface area contributed by atoms with Crippen LogP contribution in [0.3, 0.4) is 0 Å². The number of aromatic nitrogens is 2. The van der Waals surface area contributed by atoms with E-state index in [2.05, 4.69) is 5.32 Å². The summed E-state index contributed by atoms with van der Waals surface area (Å²) >= 11 is 6.33. The molecule has 2 aromatic rings. The van der Waals surface area contributed by atoms with E-state index >= 15 is 0 Å². The molecule has 3 rings (SSSR count). The normalized spacial score (nSPS) is 16.4. The van der Waals surface area contributed by atoms with Gasteiger partial charge in [-0.3, -0.25) is 4.79 Å². The number of carbonyl (C=O) groups excluding carboxylic acids is 1. The molecule has 1 aromatic carbocycles. The van der Waals surface area contributed by atoms with E-state index < -0.39 is 17.7 Å². The van der Waals surface area contributed by atoms with Crippen molar-refractivity contribution in [2.75, 3.05) is 18.1 Å². The highest BCUT2D eigenvalue weighted by atomic mass is 35.5. The fourth-order valence-electron chi connectivity index (χ4n) is 3.55. The fraction of sp³-hybridized carbons (Fsp3) is 0.571. The van der Waals surface area contributed by atoms with Gasteiger partial charge in [-0.15, -0.1) is 0 Å². The summed E-state index contributed by atoms with van der Waals surface area (Å²) in [6, 6.07) is 4.70. The molecular formula is C21H29ClN4O3. The van der Waals surface area contributed by atoms with Gasteiger partial charge in [-0.2, -0.15) is 0 Å². The Bertz CT molecular complexity index is 943. The first-order valence-corrected chi connectivity index (χ1v) is 10.5. The number of halogens is 1. The van der Waals surface area contributed by atoms with Crippen LogP contribution in [0.25, 0.3) is 10.9 Å². The van der Waals surface area contributed by atoms with Crippen LogP contribution in [0.1, 0.15) is 65.2 Å². The summed E-state index contributed by atoms with van der Waals surface area (Å²) in [4.78, 5) is 30.5. The maximum absolute atomic E-state index is 13.5. The zero-order valence-electron chi connectivity index (χ0n) is 17.5. The van der Waals surface area contributed by atoms with E-state index in [0.29, 0.717) is 21.7 Å². The lowest BCUT2D eigenvalue weighted by atomic mass is 10.2. The van der Waals surface area contributed by atoms with Gasteiger partial charge in [0.25, 0.3) is 5.56 Å². The minimum atomic E-state index is -0.613. The summed E-state index contributed by atoms with van der Waals surface area (Å²) in [7, 11) is 0. The monoisotopic (exact) mass is 420 g/mol. The van der Waals surface area contributed by atoms with Gasteiger partial charge in [0.2, 0.25) is 0 Å². The number of rotatable bonds is 3. The predicted molar refractivity (Wildman–Crippen MR) is 115 cm³/mol. The molecule has 1 N–H and O–H groups in total. The highest BCUT2D eigenvalue weighted by Gasteiger charge is 2.25. The second-order valence-electron chi connectivity index (χ2n) is 8.46. The van der Waals surface area contributed by atoms with Gasteiger partial charge in [-0.05, 0) is 52.7 Å². The van der Waals surface area contributed by atoms with E-state index in [-0.39, 0.29) is 5.56 Å². The van der Waals surface area contributed by atoms with Gasteiger partial charge < -0.3 is 15.1 Å². The van der Waals surface area contributed by atoms with Gasteiger partial charge in [-0.25, -0.2) is 14.5 Å². The third kappa shape index (κ3) is 5.01. The topological polar surface area (TPSA) is 76.5 Å². The third-order valence-corrected chi connectivity index (χ3v) is 5.15. The number of carbonyl (C=O) groups is 1. The summed E-state index contributed by atoms with van der Waals surface area (Å²) < 4.78 is 6.97. The first-order valence-electron chi connectivity index (χ1n) is 10.1. The minimum absolute atomic E-state index is 0.213. The first kappa shape index (κ1) is 21.4. The van der Waals surface area contributed by atoms with Gasteiger partial charge in [-0.1, -0.05) is 30.5 Å². The lowest BCUT2D eigenvalue weighted by Gasteiger charge is -2.30. The Labute approximate surface area is 176 Å². The van der Waals surface area contributed by atoms with Crippen molar-refractivity contribution < 1.29 is 9.53 Å². The van der Waals surface area contributed by atoms with Crippen molar-refractivity contribution in [3.63, 3.8) is 0 Å². The van der Waals surface area contributed by atoms with Crippen molar-refractivity contribution in [2.24, 2.45) is 0 Å². The Balaban J connectivity index is 2.07. The summed E-state index contributed by atoms with van der Waals surface area (Å²) in [5, 5.41) is 5.61. The summed E-state index contributed by atoms with van der Waals surface area (Å²) in [5.41, 5.74) is -0.310. The van der Waals surface area contributed by atoms with Gasteiger partial charge >= 0.3 is 6.09 Å². The zero-order valence-corrected chi connectivity index (χ0v) is 18.3. The molecule has 0 saturated carbocycles. The van der Waals surface area contributed by atoms with E-state index in [9.17, 15) is 9.59 Å². The standard InChI is InChI=1S/C21H29ClN4O3/c1-14(23-20(28)29-21(2,3)4)18-24-16-11-9-10-15(22)17(16)19(27)26(18)25-12-7-5-6-8-13-25/h9-11,14H,5-8,12-13H2,1-4H3,(H,23,28)/t14-/m0/s1. The van der Waals surface area contributed by atoms with Crippen LogP contribution in [-0.4, -0.2) is 34.4 Å². The SMILES string of the molecule is C[C@H](NC(=O)OC(C)(C)C)c1nc2cccc(Cl)c2c(=O)n1N1CCCCCC1. The average Bonchev–Trinajstić information content (AvgIpc) is 2.88. The molecule has 1 amide bonds. The predicted octanol–water partition coefficient (Wildman–Crippen LogP) is 4.15. The van der Waals surface area contributed by atoms with Crippen LogP contribution in [-0.2, 0) is 4.74 Å². The molecule has 1 atom stereocenters. The fourth-order valence-corrected chi connectivity index (χ4v) is 3.81. The van der Waals surface area contributed by atoms with E-state index in [4.69, 9.17) is 21.3 Å². The van der Waals surface area contributed by atoms with Crippen molar-refractivity contribution in [2.45, 2.75) is 65.0 Å². The van der Waals surface area contributed by atoms with Gasteiger partial charge in [0.15, 0.2) is 5.82 Å². The molecule has 0 spiro atoms. The van der Waals surface area contributed by atoms with E-state index in [1.807, 2.05) is 5.01 Å². The molecule has 1 aliphatic heterocycles. The van der Waals surface area contributed by atoms with Gasteiger partial charge in [0.05, 0.1) is 22.0 Å². The molecule has 0 unspecified atom stereocenters. The van der Waals surface area contributed by atoms with Crippen LogP contribution in [0, 0.1) is 0 Å². The molecule has 1 aromatic heterocycles. The second-order valence-corrected chi connectivity index (χ2v) is 8.86. The molecule has 1 fully saturated rings. The molecule has 1 saturated heterocycles. The Morgan fingerprint density at radius 3 is 2.48 bits per heavy atom. The summed E-state index contributed by atoms with van der Waals surface area (Å²) in [5.74, 6) is 0.470. The maximum Gasteiger partial charge on any atom is 0.408 e. The van der Waals surface area contributed by atoms with Gasteiger partial charge in [0, 0.05) is 13.1 Å². The van der Waals surface area contributed by atoms with Crippen molar-refractivity contribution in [1.29, 1.82) is 0 Å². The first-order chi connectivity index (χ1) is 13.7. The Hall–Kier alpha value is -2.28. The second kappa shape index (κ2) is 8.61. The number of hydrogen-bond donors (Lipinski definition) is 1. The lowest BCUT2D eigenvalue weighted by Crippen LogP contribution is -2.47. The molecule has 0 bridgehead atoms. The average molecular weight is 421 g/mol. The van der Waals surface area contributed by atoms with Gasteiger partial charge in [0.1, 0.15) is 5.60 Å². The van der Waals surface area contributed by atoms with Crippen LogP contribution in [0.2, 0.25) is 5.02 Å². The lowest BCUT2D eigenvalue weighted by molar-refractivity contribution is 0.0504. The van der Waals surface area contributed by atoms with Crippen LogP contribution in [0.4, 0.5) is 4.79 Å².